The number of aryl methyl sites for hydroxylation is 1. The summed E-state index contributed by atoms with van der Waals surface area (Å²) in [6.07, 6.45) is 6.38. The molecule has 0 aliphatic rings. The Kier molecular flexibility index (Phi) is 7.65. The Morgan fingerprint density at radius 1 is 1.05 bits per heavy atom. The monoisotopic (exact) mass is 261 g/mol. The molecule has 1 atom stereocenters. The first-order valence-electron chi connectivity index (χ1n) is 7.33. The van der Waals surface area contributed by atoms with Crippen LogP contribution in [0.3, 0.4) is 0 Å². The number of hydrogen-bond donors (Lipinski definition) is 1. The van der Waals surface area contributed by atoms with E-state index in [1.165, 1.54) is 31.2 Å². The molecule has 3 heteroatoms. The first-order valence-corrected chi connectivity index (χ1v) is 7.33. The molecule has 19 heavy (non-hydrogen) atoms. The molecule has 0 spiro atoms. The van der Waals surface area contributed by atoms with Gasteiger partial charge in [0.25, 0.3) is 0 Å². The predicted molar refractivity (Wildman–Crippen MR) is 81.2 cm³/mol. The summed E-state index contributed by atoms with van der Waals surface area (Å²) in [5.41, 5.74) is 1.33. The average molecular weight is 261 g/mol. The molecule has 0 saturated heterocycles. The number of benzene rings is 1. The van der Waals surface area contributed by atoms with Gasteiger partial charge in [0.2, 0.25) is 0 Å². The van der Waals surface area contributed by atoms with Crippen LogP contribution < -0.4 is 4.65 Å². The van der Waals surface area contributed by atoms with Gasteiger partial charge in [0.1, 0.15) is 0 Å². The Balaban J connectivity index is 2.23. The molecule has 1 N–H and O–H groups in total. The van der Waals surface area contributed by atoms with E-state index in [1.807, 2.05) is 12.1 Å². The van der Waals surface area contributed by atoms with E-state index in [2.05, 4.69) is 32.9 Å². The third kappa shape index (κ3) is 7.26. The van der Waals surface area contributed by atoms with Crippen LogP contribution in [0.1, 0.15) is 52.0 Å². The van der Waals surface area contributed by atoms with Crippen molar-refractivity contribution in [3.8, 4) is 5.75 Å². The maximum absolute atomic E-state index is 8.54. The highest BCUT2D eigenvalue weighted by Crippen LogP contribution is 2.19. The predicted octanol–water partition coefficient (Wildman–Crippen LogP) is 3.99. The second-order valence-corrected chi connectivity index (χ2v) is 5.84. The molecular formula is C16H26BO2. The van der Waals surface area contributed by atoms with Gasteiger partial charge in [0, 0.05) is 0 Å². The molecule has 2 nitrogen and oxygen atoms in total. The second kappa shape index (κ2) is 9.03. The molecule has 1 aromatic rings. The molecule has 0 aliphatic carbocycles. The molecule has 1 rings (SSSR count). The molecule has 0 aliphatic heterocycles. The molecule has 0 saturated carbocycles. The van der Waals surface area contributed by atoms with E-state index in [0.717, 1.165) is 18.3 Å². The van der Waals surface area contributed by atoms with Gasteiger partial charge >= 0.3 is 7.69 Å². The highest BCUT2D eigenvalue weighted by atomic mass is 16.5. The fourth-order valence-electron chi connectivity index (χ4n) is 2.23. The summed E-state index contributed by atoms with van der Waals surface area (Å²) in [6, 6.07) is 7.93. The van der Waals surface area contributed by atoms with Gasteiger partial charge in [-0.15, -0.1) is 0 Å². The highest BCUT2D eigenvalue weighted by Gasteiger charge is 2.04. The zero-order chi connectivity index (χ0) is 14.1. The summed E-state index contributed by atoms with van der Waals surface area (Å²) in [5.74, 6) is 2.29. The van der Waals surface area contributed by atoms with Gasteiger partial charge in [-0.05, 0) is 42.4 Å². The quantitative estimate of drug-likeness (QED) is 0.681. The summed E-state index contributed by atoms with van der Waals surface area (Å²) in [7, 11) is 0.714. The van der Waals surface area contributed by atoms with Gasteiger partial charge in [-0.2, -0.15) is 0 Å². The molecule has 0 amide bonds. The average Bonchev–Trinajstić information content (AvgIpc) is 2.38. The fraction of sp³-hybridized carbons (Fsp3) is 0.625. The van der Waals surface area contributed by atoms with Crippen LogP contribution in [0.25, 0.3) is 0 Å². The van der Waals surface area contributed by atoms with E-state index in [1.54, 1.807) is 0 Å². The third-order valence-corrected chi connectivity index (χ3v) is 3.52. The van der Waals surface area contributed by atoms with Crippen LogP contribution in [-0.4, -0.2) is 12.7 Å². The van der Waals surface area contributed by atoms with Crippen molar-refractivity contribution >= 4 is 7.69 Å². The minimum Gasteiger partial charge on any atom is -0.537 e. The van der Waals surface area contributed by atoms with Gasteiger partial charge in [-0.25, -0.2) is 0 Å². The fourth-order valence-corrected chi connectivity index (χ4v) is 2.23. The minimum atomic E-state index is 0.677. The summed E-state index contributed by atoms with van der Waals surface area (Å²) in [6.45, 7) is 6.93. The largest absolute Gasteiger partial charge is 0.569 e. The van der Waals surface area contributed by atoms with Crippen molar-refractivity contribution in [1.82, 2.24) is 0 Å². The van der Waals surface area contributed by atoms with Crippen molar-refractivity contribution < 1.29 is 9.68 Å². The Morgan fingerprint density at radius 3 is 2.32 bits per heavy atom. The van der Waals surface area contributed by atoms with Crippen LogP contribution in [0, 0.1) is 11.8 Å². The van der Waals surface area contributed by atoms with E-state index >= 15 is 0 Å². The maximum Gasteiger partial charge on any atom is 0.569 e. The van der Waals surface area contributed by atoms with Gasteiger partial charge in [0.05, 0.1) is 5.75 Å². The summed E-state index contributed by atoms with van der Waals surface area (Å²) >= 11 is 0. The number of rotatable bonds is 9. The minimum absolute atomic E-state index is 0.677. The summed E-state index contributed by atoms with van der Waals surface area (Å²) in [4.78, 5) is 0. The van der Waals surface area contributed by atoms with Crippen LogP contribution in [-0.2, 0) is 6.42 Å². The van der Waals surface area contributed by atoms with Crippen molar-refractivity contribution in [1.29, 1.82) is 0 Å². The molecule has 1 radical (unpaired) electrons. The lowest BCUT2D eigenvalue weighted by atomic mass is 9.94. The maximum atomic E-state index is 8.54. The van der Waals surface area contributed by atoms with Crippen molar-refractivity contribution in [2.75, 3.05) is 0 Å². The van der Waals surface area contributed by atoms with Gasteiger partial charge in [-0.1, -0.05) is 52.2 Å². The van der Waals surface area contributed by atoms with Crippen LogP contribution >= 0.6 is 0 Å². The topological polar surface area (TPSA) is 29.5 Å². The Hall–Kier alpha value is -0.955. The Labute approximate surface area is 118 Å². The van der Waals surface area contributed by atoms with Crippen molar-refractivity contribution in [3.63, 3.8) is 0 Å². The second-order valence-electron chi connectivity index (χ2n) is 5.84. The molecule has 0 bridgehead atoms. The zero-order valence-corrected chi connectivity index (χ0v) is 12.4. The van der Waals surface area contributed by atoms with E-state index in [0.29, 0.717) is 13.4 Å². The van der Waals surface area contributed by atoms with Gasteiger partial charge < -0.3 is 9.68 Å². The lowest BCUT2D eigenvalue weighted by Crippen LogP contribution is -2.01. The first-order chi connectivity index (χ1) is 9.11. The molecule has 0 fully saturated rings. The SMILES string of the molecule is CC(C)CCCC(C)CCc1ccc(O[B]O)cc1. The van der Waals surface area contributed by atoms with E-state index in [-0.39, 0.29) is 0 Å². The smallest absolute Gasteiger partial charge is 0.537 e. The third-order valence-electron chi connectivity index (χ3n) is 3.52. The number of hydrogen-bond acceptors (Lipinski definition) is 2. The molecule has 0 aromatic heterocycles. The highest BCUT2D eigenvalue weighted by molar-refractivity contribution is 6.17. The lowest BCUT2D eigenvalue weighted by molar-refractivity contribution is 0.436. The molecular weight excluding hydrogens is 235 g/mol. The van der Waals surface area contributed by atoms with E-state index in [4.69, 9.17) is 9.68 Å². The van der Waals surface area contributed by atoms with E-state index in [9.17, 15) is 0 Å². The standard InChI is InChI=1S/C16H26BO2/c1-13(2)5-4-6-14(3)7-8-15-9-11-16(12-10-15)19-17-18/h9-14,18H,4-8H2,1-3H3. The van der Waals surface area contributed by atoms with Crippen molar-refractivity contribution in [2.24, 2.45) is 11.8 Å². The lowest BCUT2D eigenvalue weighted by Gasteiger charge is -2.12. The Bertz CT molecular complexity index is 335. The normalized spacial score (nSPS) is 12.5. The van der Waals surface area contributed by atoms with Crippen LogP contribution in [0.15, 0.2) is 24.3 Å². The van der Waals surface area contributed by atoms with Crippen molar-refractivity contribution in [2.45, 2.75) is 52.9 Å². The zero-order valence-electron chi connectivity index (χ0n) is 12.4. The molecule has 1 aromatic carbocycles. The van der Waals surface area contributed by atoms with Crippen LogP contribution in [0.4, 0.5) is 0 Å². The summed E-state index contributed by atoms with van der Waals surface area (Å²) < 4.78 is 4.89. The molecule has 0 heterocycles. The summed E-state index contributed by atoms with van der Waals surface area (Å²) in [5, 5.41) is 8.54. The molecule has 105 valence electrons. The van der Waals surface area contributed by atoms with Crippen LogP contribution in [0.2, 0.25) is 0 Å². The van der Waals surface area contributed by atoms with Gasteiger partial charge in [0.15, 0.2) is 0 Å². The van der Waals surface area contributed by atoms with Crippen LogP contribution in [0.5, 0.6) is 5.75 Å². The van der Waals surface area contributed by atoms with E-state index < -0.39 is 0 Å². The Morgan fingerprint density at radius 2 is 1.74 bits per heavy atom. The van der Waals surface area contributed by atoms with Gasteiger partial charge in [-0.3, -0.25) is 0 Å². The first kappa shape index (κ1) is 16.1. The molecule has 1 unspecified atom stereocenters. The van der Waals surface area contributed by atoms with Crippen molar-refractivity contribution in [3.05, 3.63) is 29.8 Å².